The van der Waals surface area contributed by atoms with Crippen LogP contribution in [0, 0.1) is 16.7 Å². The molecule has 0 aliphatic carbocycles. The number of ether oxygens (including phenoxy) is 4. The first-order chi connectivity index (χ1) is 39.0. The predicted molar refractivity (Wildman–Crippen MR) is 327 cm³/mol. The molecule has 84 heavy (non-hydrogen) atoms. The number of hydrogen-bond donors (Lipinski definition) is 0. The number of esters is 4. The molecule has 12 nitrogen and oxygen atoms in total. The summed E-state index contributed by atoms with van der Waals surface area (Å²) in [6.45, 7) is 38.0. The SMILES string of the molecule is CC1(C)CC(OC(=O)CC2(C3(C4C(=O)OC45CC(C)(C)N(Cc4ccccc4)C(C)(C)C5)C(=O)OC34CC(C)(C)N(Cc3ccccc3)C(C)(C)C4)C(=O)OC23CC(C)(C)N(Cc2ccccc2)C(C)(C)C3)CC(C)(C)N1Cc1ccccc1. The maximum absolute atomic E-state index is 16.8. The van der Waals surface area contributed by atoms with E-state index in [0.717, 1.165) is 23.2 Å². The highest BCUT2D eigenvalue weighted by Gasteiger charge is 2.97. The van der Waals surface area contributed by atoms with Gasteiger partial charge in [0.2, 0.25) is 0 Å². The van der Waals surface area contributed by atoms with Crippen LogP contribution in [-0.2, 0) is 64.3 Å². The molecule has 4 aromatic carbocycles. The number of carbonyl (C=O) groups excluding carboxylic acids is 4. The van der Waals surface area contributed by atoms with Gasteiger partial charge in [-0.05, 0) is 133 Å². The quantitative estimate of drug-likeness (QED) is 0.0937. The summed E-state index contributed by atoms with van der Waals surface area (Å²) in [6.07, 6.45) is 1.97. The van der Waals surface area contributed by atoms with Crippen molar-refractivity contribution in [2.75, 3.05) is 0 Å². The molecule has 3 atom stereocenters. The second-order valence-corrected chi connectivity index (χ2v) is 31.9. The summed E-state index contributed by atoms with van der Waals surface area (Å²) in [5.41, 5.74) is -8.19. The summed E-state index contributed by atoms with van der Waals surface area (Å²) in [7, 11) is 0. The molecule has 7 aliphatic heterocycles. The Labute approximate surface area is 501 Å². The van der Waals surface area contributed by atoms with Gasteiger partial charge in [-0.25, -0.2) is 0 Å². The zero-order chi connectivity index (χ0) is 60.7. The van der Waals surface area contributed by atoms with Gasteiger partial charge in [-0.15, -0.1) is 0 Å². The molecule has 3 unspecified atom stereocenters. The van der Waals surface area contributed by atoms with Crippen molar-refractivity contribution < 1.29 is 38.1 Å². The molecule has 3 spiro atoms. The van der Waals surface area contributed by atoms with Gasteiger partial charge in [0.15, 0.2) is 0 Å². The van der Waals surface area contributed by atoms with Crippen LogP contribution in [0.25, 0.3) is 0 Å². The minimum Gasteiger partial charge on any atom is -0.462 e. The number of benzene rings is 4. The lowest BCUT2D eigenvalue weighted by molar-refractivity contribution is -0.398. The zero-order valence-electron chi connectivity index (χ0n) is 53.4. The highest BCUT2D eigenvalue weighted by atomic mass is 16.6. The number of rotatable bonds is 13. The summed E-state index contributed by atoms with van der Waals surface area (Å²) in [5, 5.41) is 0. The highest BCUT2D eigenvalue weighted by Crippen LogP contribution is 2.81. The van der Waals surface area contributed by atoms with E-state index in [1.807, 2.05) is 24.3 Å². The first-order valence-electron chi connectivity index (χ1n) is 31.2. The van der Waals surface area contributed by atoms with Crippen molar-refractivity contribution >= 4 is 23.9 Å². The first-order valence-corrected chi connectivity index (χ1v) is 31.2. The molecular weight excluding hydrogens is 1050 g/mol. The largest absolute Gasteiger partial charge is 0.462 e. The van der Waals surface area contributed by atoms with E-state index in [-0.39, 0.29) is 25.7 Å². The second-order valence-electron chi connectivity index (χ2n) is 31.9. The van der Waals surface area contributed by atoms with Gasteiger partial charge in [0.1, 0.15) is 39.7 Å². The Morgan fingerprint density at radius 2 is 0.726 bits per heavy atom. The van der Waals surface area contributed by atoms with Gasteiger partial charge in [-0.3, -0.25) is 38.8 Å². The Morgan fingerprint density at radius 1 is 0.417 bits per heavy atom. The lowest BCUT2D eigenvalue weighted by Crippen LogP contribution is -2.94. The molecule has 7 heterocycles. The molecule has 0 N–H and O–H groups in total. The molecular formula is C72H96N4O8. The Kier molecular flexibility index (Phi) is 14.2. The van der Waals surface area contributed by atoms with Gasteiger partial charge in [0, 0.05) is 122 Å². The van der Waals surface area contributed by atoms with E-state index in [0.29, 0.717) is 45.3 Å². The Balaban J connectivity index is 1.10. The Hall–Kier alpha value is -5.40. The van der Waals surface area contributed by atoms with Crippen LogP contribution in [-0.4, -0.2) is 111 Å². The van der Waals surface area contributed by atoms with Crippen molar-refractivity contribution in [3.05, 3.63) is 144 Å². The summed E-state index contributed by atoms with van der Waals surface area (Å²) < 4.78 is 28.1. The van der Waals surface area contributed by atoms with Gasteiger partial charge in [0.25, 0.3) is 0 Å². The van der Waals surface area contributed by atoms with Crippen LogP contribution in [0.5, 0.6) is 0 Å². The van der Waals surface area contributed by atoms with Gasteiger partial charge in [-0.1, -0.05) is 121 Å². The van der Waals surface area contributed by atoms with Crippen LogP contribution < -0.4 is 0 Å². The van der Waals surface area contributed by atoms with Crippen LogP contribution in [0.3, 0.4) is 0 Å². The number of carbonyl (C=O) groups is 4. The van der Waals surface area contributed by atoms with Crippen LogP contribution in [0.2, 0.25) is 0 Å². The van der Waals surface area contributed by atoms with E-state index < -0.39 is 114 Å². The number of piperidine rings is 4. The molecule has 0 radical (unpaired) electrons. The number of nitrogens with zero attached hydrogens (tertiary/aromatic N) is 4. The molecule has 7 fully saturated rings. The predicted octanol–water partition coefficient (Wildman–Crippen LogP) is 13.2. The van der Waals surface area contributed by atoms with Crippen molar-refractivity contribution in [3.8, 4) is 0 Å². The van der Waals surface area contributed by atoms with Gasteiger partial charge in [0.05, 0.1) is 6.42 Å². The van der Waals surface area contributed by atoms with Crippen LogP contribution in [0.1, 0.15) is 191 Å². The average molecular weight is 1150 g/mol. The Morgan fingerprint density at radius 3 is 1.05 bits per heavy atom. The van der Waals surface area contributed by atoms with E-state index in [2.05, 4.69) is 227 Å². The maximum atomic E-state index is 16.8. The van der Waals surface area contributed by atoms with Crippen molar-refractivity contribution in [2.24, 2.45) is 16.7 Å². The molecule has 0 amide bonds. The summed E-state index contributed by atoms with van der Waals surface area (Å²) in [5.74, 6) is -3.57. The third kappa shape index (κ3) is 9.42. The number of likely N-dealkylation sites (tertiary alicyclic amines) is 4. The second kappa shape index (κ2) is 19.8. The number of hydrogen-bond acceptors (Lipinski definition) is 12. The lowest BCUT2D eigenvalue weighted by Gasteiger charge is -2.79. The minimum atomic E-state index is -1.96. The fourth-order valence-corrected chi connectivity index (χ4v) is 20.1. The summed E-state index contributed by atoms with van der Waals surface area (Å²) >= 11 is 0. The van der Waals surface area contributed by atoms with Gasteiger partial charge in [-0.2, -0.15) is 0 Å². The molecule has 0 saturated carbocycles. The maximum Gasteiger partial charge on any atom is 0.319 e. The van der Waals surface area contributed by atoms with Crippen molar-refractivity contribution in [3.63, 3.8) is 0 Å². The zero-order valence-corrected chi connectivity index (χ0v) is 53.4. The summed E-state index contributed by atoms with van der Waals surface area (Å²) in [4.78, 5) is 75.7. The van der Waals surface area contributed by atoms with E-state index >= 15 is 19.2 Å². The van der Waals surface area contributed by atoms with Crippen molar-refractivity contribution in [1.29, 1.82) is 0 Å². The first kappa shape index (κ1) is 60.3. The molecule has 4 aromatic rings. The van der Waals surface area contributed by atoms with Crippen LogP contribution in [0.15, 0.2) is 121 Å². The Bertz CT molecular complexity index is 3100. The molecule has 0 bridgehead atoms. The van der Waals surface area contributed by atoms with Crippen LogP contribution in [0.4, 0.5) is 0 Å². The van der Waals surface area contributed by atoms with Crippen LogP contribution >= 0.6 is 0 Å². The summed E-state index contributed by atoms with van der Waals surface area (Å²) in [6, 6.07) is 41.8. The average Bonchev–Trinajstić information content (AvgIpc) is 0.620. The molecule has 12 heteroatoms. The molecule has 7 aliphatic rings. The highest BCUT2D eigenvalue weighted by molar-refractivity contribution is 6.04. The minimum absolute atomic E-state index is 0.280. The smallest absolute Gasteiger partial charge is 0.319 e. The monoisotopic (exact) mass is 1140 g/mol. The van der Waals surface area contributed by atoms with Crippen molar-refractivity contribution in [2.45, 2.75) is 262 Å². The molecule has 452 valence electrons. The van der Waals surface area contributed by atoms with E-state index in [1.54, 1.807) is 0 Å². The fraction of sp³-hybridized carbons (Fsp3) is 0.611. The van der Waals surface area contributed by atoms with Gasteiger partial charge >= 0.3 is 23.9 Å². The topological polar surface area (TPSA) is 118 Å². The van der Waals surface area contributed by atoms with E-state index in [9.17, 15) is 0 Å². The molecule has 7 saturated heterocycles. The fourth-order valence-electron chi connectivity index (χ4n) is 20.1. The van der Waals surface area contributed by atoms with Gasteiger partial charge < -0.3 is 18.9 Å². The molecule has 11 rings (SSSR count). The van der Waals surface area contributed by atoms with Crippen molar-refractivity contribution in [1.82, 2.24) is 19.6 Å². The standard InChI is InChI=1S/C72H96N4O8/c1-60(2)37-54(38-61(3,4)73(60)40-50-29-21-17-22-30-50)81-55(77)39-71(58(79)83-69(71)46-64(9,10)75(65(11,12)47-69)42-52-33-25-19-26-34-52)72(59(80)84-70(72)48-66(13,14)76(67(15,16)49-70)43-53-35-27-20-28-36-53)56-57(78)82-68(56)44-62(5,6)74(63(7,8)45-68)41-51-31-23-18-24-32-51/h17-36,54,56H,37-49H2,1-16H3. The third-order valence-electron chi connectivity index (χ3n) is 22.0. The molecule has 0 aromatic heterocycles. The van der Waals surface area contributed by atoms with E-state index in [1.165, 1.54) is 5.56 Å². The normalized spacial score (nSPS) is 30.2. The van der Waals surface area contributed by atoms with E-state index in [4.69, 9.17) is 18.9 Å². The lowest BCUT2D eigenvalue weighted by atomic mass is 9.32. The third-order valence-corrected chi connectivity index (χ3v) is 22.0.